The van der Waals surface area contributed by atoms with Crippen molar-refractivity contribution in [1.29, 1.82) is 0 Å². The molecule has 0 spiro atoms. The van der Waals surface area contributed by atoms with E-state index in [-0.39, 0.29) is 0 Å². The quantitative estimate of drug-likeness (QED) is 0.481. The molecule has 0 heterocycles. The Bertz CT molecular complexity index is 115. The van der Waals surface area contributed by atoms with Gasteiger partial charge in [-0.1, -0.05) is 53.4 Å². The molecule has 0 aromatic heterocycles. The van der Waals surface area contributed by atoms with Crippen LogP contribution in [0.4, 0.5) is 0 Å². The molecule has 0 rings (SSSR count). The first-order valence-corrected chi connectivity index (χ1v) is 9.41. The van der Waals surface area contributed by atoms with Crippen molar-refractivity contribution in [2.45, 2.75) is 77.9 Å². The van der Waals surface area contributed by atoms with E-state index in [9.17, 15) is 0 Å². The second-order valence-electron chi connectivity index (χ2n) is 4.59. The summed E-state index contributed by atoms with van der Waals surface area (Å²) in [7, 11) is -1.33. The molecule has 0 aliphatic heterocycles. The van der Waals surface area contributed by atoms with Crippen molar-refractivity contribution in [2.24, 2.45) is 0 Å². The zero-order valence-electron chi connectivity index (χ0n) is 11.3. The predicted molar refractivity (Wildman–Crippen MR) is 71.9 cm³/mol. The first kappa shape index (κ1) is 15.2. The summed E-state index contributed by atoms with van der Waals surface area (Å²) in [5.74, 6) is 0. The molecule has 0 aromatic rings. The van der Waals surface area contributed by atoms with Gasteiger partial charge in [-0.3, -0.25) is 0 Å². The van der Waals surface area contributed by atoms with Crippen LogP contribution in [-0.4, -0.2) is 14.9 Å². The lowest BCUT2D eigenvalue weighted by Crippen LogP contribution is -2.37. The molecule has 92 valence electrons. The molecule has 0 fully saturated rings. The average Bonchev–Trinajstić information content (AvgIpc) is 2.29. The summed E-state index contributed by atoms with van der Waals surface area (Å²) in [5, 5.41) is 0. The highest BCUT2D eigenvalue weighted by molar-refractivity contribution is 6.73. The molecule has 2 heteroatoms. The van der Waals surface area contributed by atoms with E-state index in [0.717, 1.165) is 6.61 Å². The van der Waals surface area contributed by atoms with Gasteiger partial charge < -0.3 is 4.43 Å². The Labute approximate surface area is 97.7 Å². The fourth-order valence-corrected chi connectivity index (χ4v) is 6.12. The fourth-order valence-electron chi connectivity index (χ4n) is 2.04. The molecular formula is C13H30OSi. The zero-order valence-corrected chi connectivity index (χ0v) is 12.3. The van der Waals surface area contributed by atoms with E-state index in [2.05, 4.69) is 27.7 Å². The lowest BCUT2D eigenvalue weighted by atomic mass is 10.4. The minimum Gasteiger partial charge on any atom is -0.417 e. The summed E-state index contributed by atoms with van der Waals surface area (Å²) in [6, 6.07) is 4.09. The van der Waals surface area contributed by atoms with Gasteiger partial charge in [0, 0.05) is 6.61 Å². The van der Waals surface area contributed by atoms with Crippen LogP contribution in [0.2, 0.25) is 18.1 Å². The third kappa shape index (κ3) is 6.36. The molecule has 0 atom stereocenters. The number of hydrogen-bond donors (Lipinski definition) is 0. The van der Waals surface area contributed by atoms with Crippen molar-refractivity contribution in [3.63, 3.8) is 0 Å². The van der Waals surface area contributed by atoms with E-state index in [1.807, 2.05) is 0 Å². The average molecular weight is 230 g/mol. The molecule has 0 aliphatic carbocycles. The highest BCUT2D eigenvalue weighted by atomic mass is 28.4. The molecule has 1 nitrogen and oxygen atoms in total. The maximum Gasteiger partial charge on any atom is 0.192 e. The van der Waals surface area contributed by atoms with Crippen LogP contribution in [0.15, 0.2) is 0 Å². The molecule has 0 saturated heterocycles. The normalized spacial score (nSPS) is 12.0. The number of hydrogen-bond acceptors (Lipinski definition) is 1. The third-order valence-corrected chi connectivity index (χ3v) is 7.86. The van der Waals surface area contributed by atoms with Crippen LogP contribution in [0.3, 0.4) is 0 Å². The van der Waals surface area contributed by atoms with Crippen molar-refractivity contribution in [1.82, 2.24) is 0 Å². The standard InChI is InChI=1S/C13H30OSi/c1-5-9-12-15(8-4,13-10-6-2)14-11-7-3/h5-13H2,1-4H3. The van der Waals surface area contributed by atoms with Crippen LogP contribution < -0.4 is 0 Å². The summed E-state index contributed by atoms with van der Waals surface area (Å²) >= 11 is 0. The first-order valence-electron chi connectivity index (χ1n) is 6.88. The topological polar surface area (TPSA) is 9.23 Å². The van der Waals surface area contributed by atoms with E-state index in [1.165, 1.54) is 50.2 Å². The highest BCUT2D eigenvalue weighted by Gasteiger charge is 2.31. The van der Waals surface area contributed by atoms with E-state index < -0.39 is 8.32 Å². The van der Waals surface area contributed by atoms with Gasteiger partial charge in [-0.15, -0.1) is 0 Å². The Morgan fingerprint density at radius 3 is 1.67 bits per heavy atom. The van der Waals surface area contributed by atoms with Crippen molar-refractivity contribution >= 4 is 8.32 Å². The van der Waals surface area contributed by atoms with Gasteiger partial charge in [0.15, 0.2) is 8.32 Å². The monoisotopic (exact) mass is 230 g/mol. The Balaban J connectivity index is 4.16. The molecule has 0 bridgehead atoms. The third-order valence-electron chi connectivity index (χ3n) is 3.23. The van der Waals surface area contributed by atoms with Gasteiger partial charge in [0.25, 0.3) is 0 Å². The van der Waals surface area contributed by atoms with Gasteiger partial charge in [-0.2, -0.15) is 0 Å². The number of rotatable bonds is 10. The van der Waals surface area contributed by atoms with Crippen molar-refractivity contribution < 1.29 is 4.43 Å². The maximum absolute atomic E-state index is 6.27. The predicted octanol–water partition coefficient (Wildman–Crippen LogP) is 4.98. The Morgan fingerprint density at radius 1 is 0.800 bits per heavy atom. The maximum atomic E-state index is 6.27. The van der Waals surface area contributed by atoms with Crippen LogP contribution in [0.5, 0.6) is 0 Å². The minimum absolute atomic E-state index is 0.994. The lowest BCUT2D eigenvalue weighted by Gasteiger charge is -2.30. The van der Waals surface area contributed by atoms with Gasteiger partial charge in [0.1, 0.15) is 0 Å². The Hall–Kier alpha value is 0.177. The van der Waals surface area contributed by atoms with Crippen LogP contribution >= 0.6 is 0 Å². The fraction of sp³-hybridized carbons (Fsp3) is 1.00. The number of unbranched alkanes of at least 4 members (excludes halogenated alkanes) is 2. The van der Waals surface area contributed by atoms with Gasteiger partial charge in [-0.25, -0.2) is 0 Å². The molecule has 0 aromatic carbocycles. The SMILES string of the molecule is CCCC[Si](CC)(CCCC)OCCC. The molecule has 0 aliphatic rings. The molecule has 0 amide bonds. The van der Waals surface area contributed by atoms with E-state index in [0.29, 0.717) is 0 Å². The van der Waals surface area contributed by atoms with Gasteiger partial charge >= 0.3 is 0 Å². The highest BCUT2D eigenvalue weighted by Crippen LogP contribution is 2.27. The van der Waals surface area contributed by atoms with Gasteiger partial charge in [0.05, 0.1) is 0 Å². The van der Waals surface area contributed by atoms with Crippen LogP contribution in [0.1, 0.15) is 59.8 Å². The summed E-state index contributed by atoms with van der Waals surface area (Å²) in [5.41, 5.74) is 0. The minimum atomic E-state index is -1.33. The molecule has 0 saturated carbocycles. The Morgan fingerprint density at radius 2 is 1.33 bits per heavy atom. The van der Waals surface area contributed by atoms with Crippen molar-refractivity contribution in [3.05, 3.63) is 0 Å². The molecular weight excluding hydrogens is 200 g/mol. The summed E-state index contributed by atoms with van der Waals surface area (Å²) < 4.78 is 6.27. The second kappa shape index (κ2) is 9.41. The van der Waals surface area contributed by atoms with Gasteiger partial charge in [0.2, 0.25) is 0 Å². The molecule has 0 N–H and O–H groups in total. The lowest BCUT2D eigenvalue weighted by molar-refractivity contribution is 0.295. The van der Waals surface area contributed by atoms with Crippen molar-refractivity contribution in [2.75, 3.05) is 6.61 Å². The van der Waals surface area contributed by atoms with E-state index >= 15 is 0 Å². The Kier molecular flexibility index (Phi) is 9.52. The van der Waals surface area contributed by atoms with Crippen molar-refractivity contribution in [3.8, 4) is 0 Å². The zero-order chi connectivity index (χ0) is 11.6. The summed E-state index contributed by atoms with van der Waals surface area (Å²) in [4.78, 5) is 0. The molecule has 0 radical (unpaired) electrons. The van der Waals surface area contributed by atoms with Crippen LogP contribution in [0, 0.1) is 0 Å². The summed E-state index contributed by atoms with van der Waals surface area (Å²) in [6.45, 7) is 10.1. The smallest absolute Gasteiger partial charge is 0.192 e. The largest absolute Gasteiger partial charge is 0.417 e. The first-order chi connectivity index (χ1) is 7.24. The second-order valence-corrected chi connectivity index (χ2v) is 8.95. The van der Waals surface area contributed by atoms with Gasteiger partial charge in [-0.05, 0) is 24.6 Å². The van der Waals surface area contributed by atoms with E-state index in [1.54, 1.807) is 0 Å². The molecule has 15 heavy (non-hydrogen) atoms. The van der Waals surface area contributed by atoms with Crippen LogP contribution in [0.25, 0.3) is 0 Å². The van der Waals surface area contributed by atoms with E-state index in [4.69, 9.17) is 4.43 Å². The van der Waals surface area contributed by atoms with Crippen LogP contribution in [-0.2, 0) is 4.43 Å². The molecule has 0 unspecified atom stereocenters. The summed E-state index contributed by atoms with van der Waals surface area (Å²) in [6.07, 6.45) is 6.54.